The minimum atomic E-state index is -1.03. The van der Waals surface area contributed by atoms with Crippen molar-refractivity contribution in [3.8, 4) is 11.8 Å². The molecule has 0 unspecified atom stereocenters. The van der Waals surface area contributed by atoms with Crippen LogP contribution in [0.1, 0.15) is 16.9 Å². The van der Waals surface area contributed by atoms with E-state index >= 15 is 0 Å². The van der Waals surface area contributed by atoms with Gasteiger partial charge in [-0.15, -0.1) is 11.3 Å². The molecule has 3 aromatic heterocycles. The fraction of sp³-hybridized carbons (Fsp3) is 0.179. The molecule has 1 aliphatic heterocycles. The summed E-state index contributed by atoms with van der Waals surface area (Å²) in [6, 6.07) is 12.9. The molecule has 0 spiro atoms. The molecule has 1 amide bonds. The first-order valence-electron chi connectivity index (χ1n) is 12.2. The third-order valence-electron chi connectivity index (χ3n) is 6.52. The number of halogens is 2. The van der Waals surface area contributed by atoms with Gasteiger partial charge in [0.15, 0.2) is 5.82 Å². The minimum absolute atomic E-state index is 0.0906. The molecule has 0 aliphatic carbocycles. The number of aromatic nitrogens is 3. The van der Waals surface area contributed by atoms with E-state index in [0.717, 1.165) is 43.8 Å². The number of nitrogens with one attached hydrogen (secondary N) is 3. The van der Waals surface area contributed by atoms with E-state index in [0.29, 0.717) is 18.8 Å². The van der Waals surface area contributed by atoms with Gasteiger partial charge in [0.1, 0.15) is 18.0 Å². The fourth-order valence-electron chi connectivity index (χ4n) is 4.69. The molecule has 0 bridgehead atoms. The molecule has 39 heavy (non-hydrogen) atoms. The molecular formula is C28H22F2N6O2S. The largest absolute Gasteiger partial charge is 0.465 e. The zero-order valence-corrected chi connectivity index (χ0v) is 21.2. The Morgan fingerprint density at radius 1 is 1.18 bits per heavy atom. The first kappa shape index (κ1) is 24.8. The summed E-state index contributed by atoms with van der Waals surface area (Å²) in [4.78, 5) is 20.5. The lowest BCUT2D eigenvalue weighted by Gasteiger charge is -2.09. The second kappa shape index (κ2) is 10.3. The Balaban J connectivity index is 1.20. The summed E-state index contributed by atoms with van der Waals surface area (Å²) >= 11 is 1.48. The Morgan fingerprint density at radius 2 is 2.08 bits per heavy atom. The number of hydrogen-bond acceptors (Lipinski definition) is 6. The number of carboxylic acid groups (broad SMARTS) is 1. The summed E-state index contributed by atoms with van der Waals surface area (Å²) in [5.41, 5.74) is 2.78. The molecule has 11 heteroatoms. The molecular weight excluding hydrogens is 522 g/mol. The molecule has 4 N–H and O–H groups in total. The van der Waals surface area contributed by atoms with Gasteiger partial charge in [-0.25, -0.2) is 23.5 Å². The number of carbonyl (C=O) groups is 1. The van der Waals surface area contributed by atoms with Crippen LogP contribution in [0.3, 0.4) is 0 Å². The van der Waals surface area contributed by atoms with Crippen molar-refractivity contribution in [2.45, 2.75) is 25.0 Å². The van der Waals surface area contributed by atoms with Crippen LogP contribution < -0.4 is 16.0 Å². The highest BCUT2D eigenvalue weighted by Gasteiger charge is 2.23. The Hall–Kier alpha value is -4.53. The van der Waals surface area contributed by atoms with E-state index in [1.807, 2.05) is 41.1 Å². The summed E-state index contributed by atoms with van der Waals surface area (Å²) in [7, 11) is 0. The van der Waals surface area contributed by atoms with E-state index in [1.54, 1.807) is 0 Å². The summed E-state index contributed by atoms with van der Waals surface area (Å²) in [5.74, 6) is 6.10. The van der Waals surface area contributed by atoms with Crippen molar-refractivity contribution in [1.82, 2.24) is 25.2 Å². The van der Waals surface area contributed by atoms with Crippen LogP contribution in [0.4, 0.5) is 25.1 Å². The van der Waals surface area contributed by atoms with Crippen LogP contribution in [0, 0.1) is 23.5 Å². The zero-order chi connectivity index (χ0) is 26.9. The van der Waals surface area contributed by atoms with E-state index in [4.69, 9.17) is 5.11 Å². The monoisotopic (exact) mass is 544 g/mol. The van der Waals surface area contributed by atoms with Crippen LogP contribution in [0.15, 0.2) is 61.1 Å². The van der Waals surface area contributed by atoms with Gasteiger partial charge in [0, 0.05) is 40.9 Å². The van der Waals surface area contributed by atoms with Crippen molar-refractivity contribution in [2.75, 3.05) is 11.9 Å². The predicted octanol–water partition coefficient (Wildman–Crippen LogP) is 5.07. The number of anilines is 2. The predicted molar refractivity (Wildman–Crippen MR) is 146 cm³/mol. The van der Waals surface area contributed by atoms with Crippen molar-refractivity contribution in [2.24, 2.45) is 0 Å². The lowest BCUT2D eigenvalue weighted by molar-refractivity contribution is 0.190. The SMILES string of the molecule is O=C(O)N[C@@H]1CN[C@H](C#Cc2cc3ncnc(Nc4ccc5c(ccn5Cc5cc(F)ccc5F)c4)c3s2)C1. The molecule has 196 valence electrons. The van der Waals surface area contributed by atoms with E-state index in [2.05, 4.69) is 37.8 Å². The maximum absolute atomic E-state index is 14.1. The number of fused-ring (bicyclic) bond motifs is 2. The Labute approximate surface area is 225 Å². The molecule has 8 nitrogen and oxygen atoms in total. The summed E-state index contributed by atoms with van der Waals surface area (Å²) in [5, 5.41) is 18.9. The fourth-order valence-corrected chi connectivity index (χ4v) is 5.61. The van der Waals surface area contributed by atoms with Crippen LogP contribution in [-0.2, 0) is 6.54 Å². The first-order valence-corrected chi connectivity index (χ1v) is 13.0. The van der Waals surface area contributed by atoms with Crippen LogP contribution in [0.5, 0.6) is 0 Å². The number of hydrogen-bond donors (Lipinski definition) is 4. The maximum Gasteiger partial charge on any atom is 0.404 e. The molecule has 6 rings (SSSR count). The highest BCUT2D eigenvalue weighted by Crippen LogP contribution is 2.31. The van der Waals surface area contributed by atoms with Gasteiger partial charge in [-0.05, 0) is 55.0 Å². The summed E-state index contributed by atoms with van der Waals surface area (Å²) in [6.07, 6.45) is 2.93. The molecule has 1 saturated heterocycles. The van der Waals surface area contributed by atoms with E-state index in [-0.39, 0.29) is 24.2 Å². The number of nitrogens with zero attached hydrogens (tertiary/aromatic N) is 3. The van der Waals surface area contributed by atoms with E-state index in [1.165, 1.54) is 23.7 Å². The normalized spacial score (nSPS) is 16.8. The maximum atomic E-state index is 14.1. The van der Waals surface area contributed by atoms with Gasteiger partial charge in [0.2, 0.25) is 0 Å². The average Bonchev–Trinajstić information content (AvgIpc) is 3.63. The third-order valence-corrected chi connectivity index (χ3v) is 7.57. The topological polar surface area (TPSA) is 104 Å². The zero-order valence-electron chi connectivity index (χ0n) is 20.4. The molecule has 0 saturated carbocycles. The molecule has 4 heterocycles. The van der Waals surface area contributed by atoms with Crippen LogP contribution in [0.25, 0.3) is 21.1 Å². The van der Waals surface area contributed by atoms with Gasteiger partial charge in [0.25, 0.3) is 0 Å². The number of rotatable bonds is 5. The molecule has 2 atom stereocenters. The van der Waals surface area contributed by atoms with E-state index in [9.17, 15) is 13.6 Å². The standard InChI is InChI=1S/C28H22F2N6O2S/c29-18-1-5-23(30)17(9-18)14-36-8-7-16-10-20(3-6-25(16)36)34-27-26-24(32-15-33-27)12-22(39-26)4-2-19-11-21(13-31-19)35-28(37)38/h1,3,5-10,12,15,19,21,31,35H,11,13-14H2,(H,37,38)(H,32,33,34)/t19-,21+/m1/s1. The van der Waals surface area contributed by atoms with Crippen LogP contribution >= 0.6 is 11.3 Å². The lowest BCUT2D eigenvalue weighted by Crippen LogP contribution is -2.34. The molecule has 5 aromatic rings. The van der Waals surface area contributed by atoms with Gasteiger partial charge >= 0.3 is 6.09 Å². The highest BCUT2D eigenvalue weighted by molar-refractivity contribution is 7.20. The third kappa shape index (κ3) is 5.38. The van der Waals surface area contributed by atoms with Gasteiger partial charge in [0.05, 0.1) is 27.7 Å². The van der Waals surface area contributed by atoms with Crippen molar-refractivity contribution in [1.29, 1.82) is 0 Å². The van der Waals surface area contributed by atoms with Crippen molar-refractivity contribution >= 4 is 50.1 Å². The average molecular weight is 545 g/mol. The van der Waals surface area contributed by atoms with Gasteiger partial charge in [-0.2, -0.15) is 0 Å². The molecule has 2 aromatic carbocycles. The summed E-state index contributed by atoms with van der Waals surface area (Å²) < 4.78 is 30.5. The summed E-state index contributed by atoms with van der Waals surface area (Å²) in [6.45, 7) is 0.769. The number of thiophene rings is 1. The van der Waals surface area contributed by atoms with Crippen molar-refractivity contribution < 1.29 is 18.7 Å². The molecule has 0 radical (unpaired) electrons. The second-order valence-corrected chi connectivity index (χ2v) is 10.3. The molecule has 1 aliphatic rings. The van der Waals surface area contributed by atoms with Gasteiger partial charge in [-0.3, -0.25) is 0 Å². The second-order valence-electron chi connectivity index (χ2n) is 9.24. The minimum Gasteiger partial charge on any atom is -0.465 e. The Bertz CT molecular complexity index is 1770. The quantitative estimate of drug-likeness (QED) is 0.231. The van der Waals surface area contributed by atoms with Crippen LogP contribution in [-0.4, -0.2) is 44.4 Å². The Morgan fingerprint density at radius 3 is 2.95 bits per heavy atom. The number of amides is 1. The van der Waals surface area contributed by atoms with Crippen LogP contribution in [0.2, 0.25) is 0 Å². The smallest absolute Gasteiger partial charge is 0.404 e. The van der Waals surface area contributed by atoms with Gasteiger partial charge in [-0.1, -0.05) is 11.8 Å². The number of benzene rings is 2. The van der Waals surface area contributed by atoms with Crippen molar-refractivity contribution in [3.05, 3.63) is 83.1 Å². The van der Waals surface area contributed by atoms with Gasteiger partial charge < -0.3 is 25.6 Å². The van der Waals surface area contributed by atoms with E-state index < -0.39 is 17.7 Å². The van der Waals surface area contributed by atoms with Crippen molar-refractivity contribution in [3.63, 3.8) is 0 Å². The highest BCUT2D eigenvalue weighted by atomic mass is 32.1. The first-order chi connectivity index (χ1) is 18.9. The Kier molecular flexibility index (Phi) is 6.56. The lowest BCUT2D eigenvalue weighted by atomic mass is 10.2. The molecule has 1 fully saturated rings.